The van der Waals surface area contributed by atoms with Crippen LogP contribution in [0.1, 0.15) is 0 Å². The number of nitrogens with one attached hydrogen (secondary N) is 1. The minimum Gasteiger partial charge on any atom is -0.497 e. The number of nitrogens with zero attached hydrogens (tertiary/aromatic N) is 2. The van der Waals surface area contributed by atoms with Gasteiger partial charge in [0.2, 0.25) is 0 Å². The minimum absolute atomic E-state index is 0.204. The van der Waals surface area contributed by atoms with Gasteiger partial charge in [0.25, 0.3) is 10.0 Å². The summed E-state index contributed by atoms with van der Waals surface area (Å²) in [5.41, 5.74) is 1.67. The molecule has 0 fully saturated rings. The van der Waals surface area contributed by atoms with Crippen LogP contribution in [0.15, 0.2) is 71.2 Å². The largest absolute Gasteiger partial charge is 0.497 e. The number of ether oxygens (including phenoxy) is 1. The number of benzene rings is 1. The van der Waals surface area contributed by atoms with Crippen LogP contribution in [0.2, 0.25) is 0 Å². The first-order chi connectivity index (χ1) is 13.1. The highest BCUT2D eigenvalue weighted by Crippen LogP contribution is 2.33. The van der Waals surface area contributed by atoms with E-state index < -0.39 is 10.0 Å². The first kappa shape index (κ1) is 17.4. The molecule has 1 aromatic carbocycles. The summed E-state index contributed by atoms with van der Waals surface area (Å²) in [6, 6.07) is 15.9. The standard InChI is InChI=1S/C19H15N3O3S2/c1-25-14-11-13-5-4-10-21-19(13)16(12-14)22-27(23,24)18-8-7-17(26-18)15-6-2-3-9-20-15/h2-12,22H,1H3. The highest BCUT2D eigenvalue weighted by atomic mass is 32.2. The van der Waals surface area contributed by atoms with Gasteiger partial charge in [-0.25, -0.2) is 8.42 Å². The molecule has 3 heterocycles. The van der Waals surface area contributed by atoms with Gasteiger partial charge in [0.15, 0.2) is 0 Å². The van der Waals surface area contributed by atoms with E-state index in [2.05, 4.69) is 14.7 Å². The van der Waals surface area contributed by atoms with Gasteiger partial charge in [-0.05, 0) is 36.4 Å². The number of sulfonamides is 1. The van der Waals surface area contributed by atoms with Crippen molar-refractivity contribution in [1.29, 1.82) is 0 Å². The van der Waals surface area contributed by atoms with E-state index in [9.17, 15) is 8.42 Å². The minimum atomic E-state index is -3.77. The van der Waals surface area contributed by atoms with Crippen LogP contribution in [-0.4, -0.2) is 25.5 Å². The Kier molecular flexibility index (Phi) is 4.51. The summed E-state index contributed by atoms with van der Waals surface area (Å²) < 4.78 is 33.9. The van der Waals surface area contributed by atoms with E-state index in [1.807, 2.05) is 30.3 Å². The summed E-state index contributed by atoms with van der Waals surface area (Å²) in [7, 11) is -2.24. The zero-order valence-electron chi connectivity index (χ0n) is 14.3. The summed E-state index contributed by atoms with van der Waals surface area (Å²) in [6.07, 6.45) is 3.30. The van der Waals surface area contributed by atoms with Gasteiger partial charge in [-0.15, -0.1) is 11.3 Å². The van der Waals surface area contributed by atoms with Crippen LogP contribution in [0.25, 0.3) is 21.5 Å². The maximum Gasteiger partial charge on any atom is 0.271 e. The molecule has 0 aliphatic rings. The van der Waals surface area contributed by atoms with E-state index >= 15 is 0 Å². The van der Waals surface area contributed by atoms with E-state index in [-0.39, 0.29) is 4.21 Å². The number of aromatic nitrogens is 2. The first-order valence-electron chi connectivity index (χ1n) is 8.04. The molecule has 0 saturated heterocycles. The van der Waals surface area contributed by atoms with Crippen molar-refractivity contribution in [3.63, 3.8) is 0 Å². The molecule has 0 unspecified atom stereocenters. The fraction of sp³-hybridized carbons (Fsp3) is 0.0526. The Labute approximate surface area is 160 Å². The van der Waals surface area contributed by atoms with Gasteiger partial charge in [-0.2, -0.15) is 0 Å². The third-order valence-electron chi connectivity index (χ3n) is 3.92. The van der Waals surface area contributed by atoms with Crippen LogP contribution in [0.5, 0.6) is 5.75 Å². The molecule has 136 valence electrons. The normalized spacial score (nSPS) is 11.4. The Morgan fingerprint density at radius 3 is 2.63 bits per heavy atom. The molecule has 0 amide bonds. The molecule has 1 N–H and O–H groups in total. The van der Waals surface area contributed by atoms with Crippen molar-refractivity contribution in [3.05, 3.63) is 67.0 Å². The summed E-state index contributed by atoms with van der Waals surface area (Å²) >= 11 is 1.16. The predicted molar refractivity (Wildman–Crippen MR) is 107 cm³/mol. The van der Waals surface area contributed by atoms with Crippen LogP contribution in [0.4, 0.5) is 5.69 Å². The second-order valence-corrected chi connectivity index (χ2v) is 8.68. The monoisotopic (exact) mass is 397 g/mol. The van der Waals surface area contributed by atoms with Gasteiger partial charge in [-0.3, -0.25) is 14.7 Å². The van der Waals surface area contributed by atoms with Gasteiger partial charge in [0, 0.05) is 23.8 Å². The zero-order chi connectivity index (χ0) is 18.9. The predicted octanol–water partition coefficient (Wildman–Crippen LogP) is 4.17. The number of methoxy groups -OCH3 is 1. The molecule has 6 nitrogen and oxygen atoms in total. The van der Waals surface area contributed by atoms with Crippen LogP contribution in [0, 0.1) is 0 Å². The van der Waals surface area contributed by atoms with Crippen molar-refractivity contribution in [2.24, 2.45) is 0 Å². The van der Waals surface area contributed by atoms with Gasteiger partial charge < -0.3 is 4.74 Å². The molecule has 27 heavy (non-hydrogen) atoms. The highest BCUT2D eigenvalue weighted by Gasteiger charge is 2.20. The maximum atomic E-state index is 12.9. The number of fused-ring (bicyclic) bond motifs is 1. The van der Waals surface area contributed by atoms with Crippen LogP contribution < -0.4 is 9.46 Å². The molecule has 0 radical (unpaired) electrons. The number of thiophene rings is 1. The van der Waals surface area contributed by atoms with Crippen molar-refractivity contribution in [1.82, 2.24) is 9.97 Å². The lowest BCUT2D eigenvalue weighted by Gasteiger charge is -2.11. The summed E-state index contributed by atoms with van der Waals surface area (Å²) in [6.45, 7) is 0. The summed E-state index contributed by atoms with van der Waals surface area (Å²) in [5.74, 6) is 0.550. The fourth-order valence-corrected chi connectivity index (χ4v) is 5.01. The molecular formula is C19H15N3O3S2. The van der Waals surface area contributed by atoms with E-state index in [1.165, 1.54) is 7.11 Å². The van der Waals surface area contributed by atoms with E-state index in [4.69, 9.17) is 4.74 Å². The van der Waals surface area contributed by atoms with E-state index in [1.54, 1.807) is 36.7 Å². The maximum absolute atomic E-state index is 12.9. The van der Waals surface area contributed by atoms with E-state index in [0.717, 1.165) is 27.3 Å². The zero-order valence-corrected chi connectivity index (χ0v) is 15.9. The quantitative estimate of drug-likeness (QED) is 0.547. The smallest absolute Gasteiger partial charge is 0.271 e. The van der Waals surface area contributed by atoms with Gasteiger partial charge in [-0.1, -0.05) is 12.1 Å². The number of hydrogen-bond donors (Lipinski definition) is 1. The fourth-order valence-electron chi connectivity index (χ4n) is 2.67. The molecule has 0 spiro atoms. The highest BCUT2D eigenvalue weighted by molar-refractivity contribution is 7.94. The number of pyridine rings is 2. The van der Waals surface area contributed by atoms with Crippen LogP contribution in [-0.2, 0) is 10.0 Å². The molecule has 0 atom stereocenters. The van der Waals surface area contributed by atoms with Crippen molar-refractivity contribution in [2.75, 3.05) is 11.8 Å². The van der Waals surface area contributed by atoms with Crippen molar-refractivity contribution in [3.8, 4) is 16.3 Å². The van der Waals surface area contributed by atoms with Crippen molar-refractivity contribution < 1.29 is 13.2 Å². The molecular weight excluding hydrogens is 382 g/mol. The topological polar surface area (TPSA) is 81.2 Å². The Morgan fingerprint density at radius 1 is 1.00 bits per heavy atom. The number of rotatable bonds is 5. The van der Waals surface area contributed by atoms with Gasteiger partial charge >= 0.3 is 0 Å². The van der Waals surface area contributed by atoms with E-state index in [0.29, 0.717) is 17.0 Å². The Balaban J connectivity index is 1.72. The van der Waals surface area contributed by atoms with Gasteiger partial charge in [0.05, 0.1) is 28.9 Å². The second-order valence-electron chi connectivity index (χ2n) is 5.69. The SMILES string of the molecule is COc1cc(NS(=O)(=O)c2ccc(-c3ccccn3)s2)c2ncccc2c1. The molecule has 0 bridgehead atoms. The second kappa shape index (κ2) is 6.98. The first-order valence-corrected chi connectivity index (χ1v) is 10.3. The average Bonchev–Trinajstić information content (AvgIpc) is 3.19. The van der Waals surface area contributed by atoms with Crippen LogP contribution >= 0.6 is 11.3 Å². The third-order valence-corrected chi connectivity index (χ3v) is 6.89. The Hall–Kier alpha value is -2.97. The number of hydrogen-bond acceptors (Lipinski definition) is 6. The molecule has 0 aliphatic heterocycles. The lowest BCUT2D eigenvalue weighted by atomic mass is 10.2. The molecule has 4 rings (SSSR count). The molecule has 8 heteroatoms. The molecule has 0 aliphatic carbocycles. The number of anilines is 1. The van der Waals surface area contributed by atoms with Crippen LogP contribution in [0.3, 0.4) is 0 Å². The summed E-state index contributed by atoms with van der Waals surface area (Å²) in [4.78, 5) is 9.34. The molecule has 4 aromatic rings. The van der Waals surface area contributed by atoms with Gasteiger partial charge in [0.1, 0.15) is 9.96 Å². The molecule has 0 saturated carbocycles. The third kappa shape index (κ3) is 3.49. The lowest BCUT2D eigenvalue weighted by Crippen LogP contribution is -2.12. The Morgan fingerprint density at radius 2 is 1.85 bits per heavy atom. The Bertz CT molecular complexity index is 1210. The lowest BCUT2D eigenvalue weighted by molar-refractivity contribution is 0.415. The average molecular weight is 397 g/mol. The molecule has 3 aromatic heterocycles. The van der Waals surface area contributed by atoms with Crippen molar-refractivity contribution >= 4 is 38.0 Å². The summed E-state index contributed by atoms with van der Waals surface area (Å²) in [5, 5.41) is 0.787. The van der Waals surface area contributed by atoms with Crippen molar-refractivity contribution in [2.45, 2.75) is 4.21 Å².